The molecule has 0 bridgehead atoms. The number of thioether (sulfide) groups is 1. The zero-order chi connectivity index (χ0) is 14.7. The van der Waals surface area contributed by atoms with Crippen LogP contribution >= 0.6 is 35.0 Å². The second-order valence-corrected chi connectivity index (χ2v) is 6.69. The van der Waals surface area contributed by atoms with Crippen molar-refractivity contribution in [3.05, 3.63) is 28.8 Å². The van der Waals surface area contributed by atoms with E-state index in [0.717, 1.165) is 29.3 Å². The highest BCUT2D eigenvalue weighted by molar-refractivity contribution is 7.99. The lowest BCUT2D eigenvalue weighted by atomic mass is 10.2. The Bertz CT molecular complexity index is 600. The maximum atomic E-state index is 13.7. The molecule has 0 saturated heterocycles. The maximum Gasteiger partial charge on any atom is 0.144 e. The van der Waals surface area contributed by atoms with Gasteiger partial charge < -0.3 is 4.57 Å². The number of imidazole rings is 1. The van der Waals surface area contributed by atoms with E-state index >= 15 is 0 Å². The molecule has 1 unspecified atom stereocenters. The second-order valence-electron chi connectivity index (χ2n) is 4.62. The molecule has 0 radical (unpaired) electrons. The first kappa shape index (κ1) is 15.9. The molecule has 0 aliphatic carbocycles. The lowest BCUT2D eigenvalue weighted by Crippen LogP contribution is -2.09. The number of fused-ring (bicyclic) bond motifs is 1. The van der Waals surface area contributed by atoms with Crippen molar-refractivity contribution in [3.63, 3.8) is 0 Å². The van der Waals surface area contributed by atoms with Crippen LogP contribution in [0.25, 0.3) is 11.0 Å². The predicted molar refractivity (Wildman–Crippen MR) is 86.6 cm³/mol. The normalized spacial score (nSPS) is 13.1. The van der Waals surface area contributed by atoms with E-state index in [0.29, 0.717) is 11.4 Å². The molecule has 0 saturated carbocycles. The average Bonchev–Trinajstić information content (AvgIpc) is 2.77. The number of rotatable bonds is 6. The number of aromatic nitrogens is 2. The van der Waals surface area contributed by atoms with Crippen molar-refractivity contribution in [2.75, 3.05) is 11.5 Å². The summed E-state index contributed by atoms with van der Waals surface area (Å²) in [5.74, 6) is 2.81. The van der Waals surface area contributed by atoms with Gasteiger partial charge in [-0.15, -0.1) is 11.6 Å². The van der Waals surface area contributed by atoms with Gasteiger partial charge in [-0.1, -0.05) is 18.5 Å². The molecule has 2 aromatic rings. The Kier molecular flexibility index (Phi) is 5.58. The number of nitrogens with zero attached hydrogens (tertiary/aromatic N) is 2. The topological polar surface area (TPSA) is 17.8 Å². The van der Waals surface area contributed by atoms with E-state index in [1.165, 1.54) is 6.07 Å². The molecule has 1 aromatic carbocycles. The summed E-state index contributed by atoms with van der Waals surface area (Å²) in [7, 11) is 0. The Hall–Kier alpha value is -0.450. The Balaban J connectivity index is 2.41. The molecule has 2 rings (SSSR count). The van der Waals surface area contributed by atoms with Crippen LogP contribution < -0.4 is 0 Å². The quantitative estimate of drug-likeness (QED) is 0.528. The molecule has 20 heavy (non-hydrogen) atoms. The molecule has 0 fully saturated rings. The van der Waals surface area contributed by atoms with Gasteiger partial charge in [-0.25, -0.2) is 9.37 Å². The Morgan fingerprint density at radius 1 is 1.45 bits per heavy atom. The van der Waals surface area contributed by atoms with Crippen molar-refractivity contribution in [2.45, 2.75) is 32.2 Å². The van der Waals surface area contributed by atoms with Crippen molar-refractivity contribution in [3.8, 4) is 0 Å². The minimum atomic E-state index is -0.420. The number of alkyl halides is 1. The summed E-state index contributed by atoms with van der Waals surface area (Å²) in [5, 5.41) is 0.0949. The summed E-state index contributed by atoms with van der Waals surface area (Å²) in [6, 6.07) is 3.24. The van der Waals surface area contributed by atoms with E-state index in [4.69, 9.17) is 23.2 Å². The SMILES string of the molecule is CCSCCC(C)n1c(CCl)nc2cc(Cl)c(F)cc21. The Morgan fingerprint density at radius 3 is 2.85 bits per heavy atom. The van der Waals surface area contributed by atoms with Crippen LogP contribution in [0, 0.1) is 5.82 Å². The Morgan fingerprint density at radius 2 is 2.20 bits per heavy atom. The first-order valence-electron chi connectivity index (χ1n) is 6.58. The molecule has 0 amide bonds. The molecule has 2 nitrogen and oxygen atoms in total. The standard InChI is InChI=1S/C14H17Cl2FN2S/c1-3-20-5-4-9(2)19-13-7-11(17)10(16)6-12(13)18-14(19)8-15/h6-7,9H,3-5,8H2,1-2H3. The number of hydrogen-bond donors (Lipinski definition) is 0. The van der Waals surface area contributed by atoms with E-state index < -0.39 is 5.82 Å². The summed E-state index contributed by atoms with van der Waals surface area (Å²) in [6.45, 7) is 4.25. The summed E-state index contributed by atoms with van der Waals surface area (Å²) in [6.07, 6.45) is 0.998. The molecule has 0 N–H and O–H groups in total. The van der Waals surface area contributed by atoms with Gasteiger partial charge in [0.1, 0.15) is 11.6 Å². The van der Waals surface area contributed by atoms with Gasteiger partial charge in [0, 0.05) is 12.1 Å². The second kappa shape index (κ2) is 7.01. The Labute approximate surface area is 132 Å². The third-order valence-electron chi connectivity index (χ3n) is 3.25. The lowest BCUT2D eigenvalue weighted by Gasteiger charge is -2.16. The molecule has 110 valence electrons. The average molecular weight is 335 g/mol. The van der Waals surface area contributed by atoms with E-state index in [2.05, 4.69) is 18.8 Å². The molecule has 6 heteroatoms. The highest BCUT2D eigenvalue weighted by Gasteiger charge is 2.17. The van der Waals surface area contributed by atoms with E-state index in [9.17, 15) is 4.39 Å². The first-order valence-corrected chi connectivity index (χ1v) is 8.64. The molecule has 0 spiro atoms. The zero-order valence-corrected chi connectivity index (χ0v) is 13.8. The van der Waals surface area contributed by atoms with Crippen molar-refractivity contribution in [2.24, 2.45) is 0 Å². The molecule has 0 aliphatic rings. The van der Waals surface area contributed by atoms with E-state index in [-0.39, 0.29) is 11.1 Å². The van der Waals surface area contributed by atoms with Crippen molar-refractivity contribution >= 4 is 46.0 Å². The highest BCUT2D eigenvalue weighted by Crippen LogP contribution is 2.28. The smallest absolute Gasteiger partial charge is 0.144 e. The van der Waals surface area contributed by atoms with Crippen LogP contribution in [-0.2, 0) is 5.88 Å². The minimum Gasteiger partial charge on any atom is -0.324 e. The van der Waals surface area contributed by atoms with Crippen LogP contribution in [0.4, 0.5) is 4.39 Å². The van der Waals surface area contributed by atoms with Gasteiger partial charge in [0.05, 0.1) is 21.9 Å². The lowest BCUT2D eigenvalue weighted by molar-refractivity contribution is 0.532. The van der Waals surface area contributed by atoms with E-state index in [1.54, 1.807) is 6.07 Å². The van der Waals surface area contributed by atoms with Crippen molar-refractivity contribution < 1.29 is 4.39 Å². The van der Waals surface area contributed by atoms with Gasteiger partial charge in [0.25, 0.3) is 0 Å². The van der Waals surface area contributed by atoms with Crippen molar-refractivity contribution in [1.82, 2.24) is 9.55 Å². The summed E-state index contributed by atoms with van der Waals surface area (Å²) < 4.78 is 15.7. The predicted octanol–water partition coefficient (Wildman–Crippen LogP) is 5.27. The van der Waals surface area contributed by atoms with Crippen LogP contribution in [0.3, 0.4) is 0 Å². The fourth-order valence-corrected chi connectivity index (χ4v) is 3.40. The van der Waals surface area contributed by atoms with Gasteiger partial charge in [0.15, 0.2) is 0 Å². The van der Waals surface area contributed by atoms with Crippen LogP contribution in [0.2, 0.25) is 5.02 Å². The summed E-state index contributed by atoms with van der Waals surface area (Å²) >= 11 is 13.7. The number of hydrogen-bond acceptors (Lipinski definition) is 2. The largest absolute Gasteiger partial charge is 0.324 e. The number of benzene rings is 1. The monoisotopic (exact) mass is 334 g/mol. The van der Waals surface area contributed by atoms with Crippen LogP contribution in [0.15, 0.2) is 12.1 Å². The molecule has 1 heterocycles. The summed E-state index contributed by atoms with van der Waals surface area (Å²) in [5.41, 5.74) is 1.46. The fraction of sp³-hybridized carbons (Fsp3) is 0.500. The van der Waals surface area contributed by atoms with Gasteiger partial charge >= 0.3 is 0 Å². The molecule has 1 atom stereocenters. The zero-order valence-electron chi connectivity index (χ0n) is 11.5. The molecule has 0 aliphatic heterocycles. The molecular weight excluding hydrogens is 318 g/mol. The molecule has 1 aromatic heterocycles. The van der Waals surface area contributed by atoms with Crippen LogP contribution in [-0.4, -0.2) is 21.1 Å². The molecular formula is C14H17Cl2FN2S. The fourth-order valence-electron chi connectivity index (χ4n) is 2.25. The van der Waals surface area contributed by atoms with Gasteiger partial charge in [0.2, 0.25) is 0 Å². The summed E-state index contributed by atoms with van der Waals surface area (Å²) in [4.78, 5) is 4.46. The van der Waals surface area contributed by atoms with Gasteiger partial charge in [-0.3, -0.25) is 0 Å². The minimum absolute atomic E-state index is 0.0949. The highest BCUT2D eigenvalue weighted by atomic mass is 35.5. The van der Waals surface area contributed by atoms with Crippen molar-refractivity contribution in [1.29, 1.82) is 0 Å². The van der Waals surface area contributed by atoms with Gasteiger partial charge in [-0.05, 0) is 30.9 Å². The van der Waals surface area contributed by atoms with Gasteiger partial charge in [-0.2, -0.15) is 11.8 Å². The number of halogens is 3. The third kappa shape index (κ3) is 3.23. The maximum absolute atomic E-state index is 13.7. The van der Waals surface area contributed by atoms with E-state index in [1.807, 2.05) is 16.3 Å². The van der Waals surface area contributed by atoms with Crippen LogP contribution in [0.5, 0.6) is 0 Å². The third-order valence-corrected chi connectivity index (χ3v) is 4.71. The van der Waals surface area contributed by atoms with Crippen LogP contribution in [0.1, 0.15) is 32.1 Å². The first-order chi connectivity index (χ1) is 9.58.